The molecule has 88 valence electrons. The second-order valence-electron chi connectivity index (χ2n) is 3.35. The molecule has 2 rings (SSSR count). The van der Waals surface area contributed by atoms with Gasteiger partial charge in [0.1, 0.15) is 10.8 Å². The minimum absolute atomic E-state index is 0.200. The molecule has 0 saturated carbocycles. The summed E-state index contributed by atoms with van der Waals surface area (Å²) in [4.78, 5) is 22.1. The summed E-state index contributed by atoms with van der Waals surface area (Å²) in [5.41, 5.74) is 6.23. The smallest absolute Gasteiger partial charge is 0.253 e. The van der Waals surface area contributed by atoms with Crippen LogP contribution in [0.15, 0.2) is 37.8 Å². The summed E-state index contributed by atoms with van der Waals surface area (Å²) in [6, 6.07) is 3.19. The molecular formula is C10H9BrN4OS. The number of anilines is 1. The maximum Gasteiger partial charge on any atom is 0.253 e. The van der Waals surface area contributed by atoms with E-state index in [1.54, 1.807) is 6.20 Å². The number of rotatable bonds is 2. The van der Waals surface area contributed by atoms with Gasteiger partial charge >= 0.3 is 0 Å². The largest absolute Gasteiger partial charge is 0.383 e. The van der Waals surface area contributed by atoms with Crippen molar-refractivity contribution >= 4 is 33.5 Å². The van der Waals surface area contributed by atoms with Crippen molar-refractivity contribution in [2.24, 2.45) is 0 Å². The van der Waals surface area contributed by atoms with Gasteiger partial charge in [0.2, 0.25) is 0 Å². The van der Waals surface area contributed by atoms with Crippen molar-refractivity contribution in [3.8, 4) is 0 Å². The van der Waals surface area contributed by atoms with E-state index in [2.05, 4.69) is 30.9 Å². The first-order valence-corrected chi connectivity index (χ1v) is 6.32. The second-order valence-corrected chi connectivity index (χ2v) is 5.25. The highest BCUT2D eigenvalue weighted by Gasteiger charge is 2.06. The first kappa shape index (κ1) is 12.1. The molecule has 0 aliphatic rings. The number of hydrogen-bond donors (Lipinski definition) is 2. The Kier molecular flexibility index (Phi) is 3.49. The van der Waals surface area contributed by atoms with Crippen LogP contribution in [-0.4, -0.2) is 15.0 Å². The summed E-state index contributed by atoms with van der Waals surface area (Å²) in [7, 11) is 0. The highest BCUT2D eigenvalue weighted by Crippen LogP contribution is 2.26. The molecule has 2 aromatic heterocycles. The summed E-state index contributed by atoms with van der Waals surface area (Å²) >= 11 is 4.61. The number of halogens is 1. The molecule has 17 heavy (non-hydrogen) atoms. The molecule has 0 aliphatic carbocycles. The van der Waals surface area contributed by atoms with Gasteiger partial charge in [-0.25, -0.2) is 9.97 Å². The normalized spacial score (nSPS) is 10.5. The summed E-state index contributed by atoms with van der Waals surface area (Å²) in [5, 5.41) is 1.22. The Morgan fingerprint density at radius 3 is 2.88 bits per heavy atom. The third kappa shape index (κ3) is 3.07. The Labute approximate surface area is 110 Å². The minimum atomic E-state index is -0.269. The van der Waals surface area contributed by atoms with Gasteiger partial charge in [-0.15, -0.1) is 0 Å². The Hall–Kier alpha value is -1.34. The predicted octanol–water partition coefficient (Wildman–Crippen LogP) is 1.97. The number of aryl methyl sites for hydroxylation is 1. The maximum atomic E-state index is 11.2. The zero-order valence-electron chi connectivity index (χ0n) is 8.90. The lowest BCUT2D eigenvalue weighted by molar-refractivity contribution is 0.936. The van der Waals surface area contributed by atoms with E-state index in [1.807, 2.05) is 13.0 Å². The Balaban J connectivity index is 2.34. The van der Waals surface area contributed by atoms with Crippen molar-refractivity contribution in [2.75, 3.05) is 5.73 Å². The zero-order valence-corrected chi connectivity index (χ0v) is 11.3. The molecule has 0 saturated heterocycles. The lowest BCUT2D eigenvalue weighted by Gasteiger charge is -2.04. The van der Waals surface area contributed by atoms with Gasteiger partial charge in [-0.2, -0.15) is 0 Å². The molecule has 0 fully saturated rings. The number of aromatic amines is 1. The standard InChI is InChI=1S/C10H9BrN4OS/c1-5-2-6(11)4-13-9(5)17-10-14-7(12)3-8(16)15-10/h2-4H,1H3,(H3,12,14,15,16). The third-order valence-electron chi connectivity index (χ3n) is 1.93. The van der Waals surface area contributed by atoms with Gasteiger partial charge in [-0.05, 0) is 46.2 Å². The molecule has 0 aliphatic heterocycles. The molecule has 0 amide bonds. The number of nitrogen functional groups attached to an aromatic ring is 1. The Morgan fingerprint density at radius 1 is 1.47 bits per heavy atom. The van der Waals surface area contributed by atoms with Gasteiger partial charge in [-0.1, -0.05) is 0 Å². The summed E-state index contributed by atoms with van der Waals surface area (Å²) in [5.74, 6) is 0.200. The fourth-order valence-electron chi connectivity index (χ4n) is 1.23. The Bertz CT molecular complexity index is 613. The average molecular weight is 313 g/mol. The van der Waals surface area contributed by atoms with E-state index in [1.165, 1.54) is 17.8 Å². The molecule has 3 N–H and O–H groups in total. The minimum Gasteiger partial charge on any atom is -0.383 e. The number of aromatic nitrogens is 3. The summed E-state index contributed by atoms with van der Waals surface area (Å²) in [6.45, 7) is 1.94. The lowest BCUT2D eigenvalue weighted by atomic mass is 10.3. The van der Waals surface area contributed by atoms with E-state index in [4.69, 9.17) is 5.73 Å². The van der Waals surface area contributed by atoms with Crippen molar-refractivity contribution in [1.82, 2.24) is 15.0 Å². The molecule has 0 bridgehead atoms. The van der Waals surface area contributed by atoms with Crippen molar-refractivity contribution in [2.45, 2.75) is 17.1 Å². The third-order valence-corrected chi connectivity index (χ3v) is 3.37. The molecule has 0 aromatic carbocycles. The van der Waals surface area contributed by atoms with E-state index in [0.717, 1.165) is 15.1 Å². The number of pyridine rings is 1. The number of hydrogen-bond acceptors (Lipinski definition) is 5. The lowest BCUT2D eigenvalue weighted by Crippen LogP contribution is -2.09. The van der Waals surface area contributed by atoms with Crippen LogP contribution in [-0.2, 0) is 0 Å². The van der Waals surface area contributed by atoms with Crippen LogP contribution in [0, 0.1) is 6.92 Å². The molecule has 5 nitrogen and oxygen atoms in total. The Morgan fingerprint density at radius 2 is 2.24 bits per heavy atom. The summed E-state index contributed by atoms with van der Waals surface area (Å²) in [6.07, 6.45) is 1.69. The molecule has 0 unspecified atom stereocenters. The molecule has 0 spiro atoms. The first-order valence-electron chi connectivity index (χ1n) is 4.71. The zero-order chi connectivity index (χ0) is 12.4. The van der Waals surface area contributed by atoms with Crippen LogP contribution in [0.1, 0.15) is 5.56 Å². The average Bonchev–Trinajstić information content (AvgIpc) is 2.21. The monoisotopic (exact) mass is 312 g/mol. The van der Waals surface area contributed by atoms with Gasteiger partial charge in [0.25, 0.3) is 5.56 Å². The van der Waals surface area contributed by atoms with Crippen LogP contribution in [0.25, 0.3) is 0 Å². The summed E-state index contributed by atoms with van der Waals surface area (Å²) < 4.78 is 0.911. The van der Waals surface area contributed by atoms with Gasteiger partial charge < -0.3 is 10.7 Å². The SMILES string of the molecule is Cc1cc(Br)cnc1Sc1nc(N)cc(=O)[nH]1. The van der Waals surface area contributed by atoms with Crippen LogP contribution in [0.4, 0.5) is 5.82 Å². The number of nitrogens with two attached hydrogens (primary N) is 1. The van der Waals surface area contributed by atoms with Crippen LogP contribution >= 0.6 is 27.7 Å². The topological polar surface area (TPSA) is 84.7 Å². The van der Waals surface area contributed by atoms with Crippen molar-refractivity contribution in [1.29, 1.82) is 0 Å². The van der Waals surface area contributed by atoms with Crippen LogP contribution < -0.4 is 11.3 Å². The molecular weight excluding hydrogens is 304 g/mol. The van der Waals surface area contributed by atoms with Gasteiger partial charge in [-0.3, -0.25) is 4.79 Å². The molecule has 0 radical (unpaired) electrons. The van der Waals surface area contributed by atoms with Crippen LogP contribution in [0.2, 0.25) is 0 Å². The van der Waals surface area contributed by atoms with Crippen molar-refractivity contribution < 1.29 is 0 Å². The van der Waals surface area contributed by atoms with Crippen molar-refractivity contribution in [3.63, 3.8) is 0 Å². The molecule has 2 aromatic rings. The molecule has 7 heteroatoms. The van der Waals surface area contributed by atoms with E-state index < -0.39 is 0 Å². The highest BCUT2D eigenvalue weighted by atomic mass is 79.9. The molecule has 2 heterocycles. The van der Waals surface area contributed by atoms with Gasteiger partial charge in [0, 0.05) is 16.7 Å². The van der Waals surface area contributed by atoms with Gasteiger partial charge in [0.15, 0.2) is 5.16 Å². The van der Waals surface area contributed by atoms with Crippen LogP contribution in [0.3, 0.4) is 0 Å². The molecule has 0 atom stereocenters. The number of nitrogens with zero attached hydrogens (tertiary/aromatic N) is 2. The first-order chi connectivity index (χ1) is 8.04. The van der Waals surface area contributed by atoms with Crippen molar-refractivity contribution in [3.05, 3.63) is 38.7 Å². The van der Waals surface area contributed by atoms with Crippen LogP contribution in [0.5, 0.6) is 0 Å². The van der Waals surface area contributed by atoms with E-state index in [0.29, 0.717) is 5.16 Å². The van der Waals surface area contributed by atoms with Gasteiger partial charge in [0.05, 0.1) is 0 Å². The van der Waals surface area contributed by atoms with E-state index in [-0.39, 0.29) is 11.4 Å². The van der Waals surface area contributed by atoms with E-state index >= 15 is 0 Å². The number of nitrogens with one attached hydrogen (secondary N) is 1. The predicted molar refractivity (Wildman–Crippen MR) is 70.1 cm³/mol. The number of H-pyrrole nitrogens is 1. The highest BCUT2D eigenvalue weighted by molar-refractivity contribution is 9.10. The fourth-order valence-corrected chi connectivity index (χ4v) is 2.48. The van der Waals surface area contributed by atoms with E-state index in [9.17, 15) is 4.79 Å². The second kappa shape index (κ2) is 4.89. The maximum absolute atomic E-state index is 11.2. The quantitative estimate of drug-likeness (QED) is 0.828. The fraction of sp³-hybridized carbons (Fsp3) is 0.100.